The van der Waals surface area contributed by atoms with Gasteiger partial charge in [-0.2, -0.15) is 4.31 Å². The fraction of sp³-hybridized carbons (Fsp3) is 0.421. The predicted octanol–water partition coefficient (Wildman–Crippen LogP) is 2.86. The summed E-state index contributed by atoms with van der Waals surface area (Å²) in [5, 5.41) is 0. The number of rotatable bonds is 4. The van der Waals surface area contributed by atoms with Crippen LogP contribution in [0.25, 0.3) is 0 Å². The van der Waals surface area contributed by atoms with E-state index in [4.69, 9.17) is 4.42 Å². The molecule has 1 saturated heterocycles. The number of sulfonamides is 1. The van der Waals surface area contributed by atoms with Crippen molar-refractivity contribution in [3.63, 3.8) is 0 Å². The van der Waals surface area contributed by atoms with E-state index in [-0.39, 0.29) is 19.0 Å². The van der Waals surface area contributed by atoms with Crippen LogP contribution in [0, 0.1) is 6.92 Å². The molecule has 0 saturated carbocycles. The first-order valence-electron chi connectivity index (χ1n) is 8.74. The van der Waals surface area contributed by atoms with Crippen LogP contribution >= 0.6 is 0 Å². The highest BCUT2D eigenvalue weighted by Crippen LogP contribution is 2.22. The van der Waals surface area contributed by atoms with Gasteiger partial charge in [0.15, 0.2) is 5.76 Å². The minimum atomic E-state index is -3.54. The molecule has 1 aromatic carbocycles. The van der Waals surface area contributed by atoms with Crippen molar-refractivity contribution in [1.82, 2.24) is 9.21 Å². The Labute approximate surface area is 154 Å². The van der Waals surface area contributed by atoms with Gasteiger partial charge in [0.1, 0.15) is 0 Å². The van der Waals surface area contributed by atoms with Crippen molar-refractivity contribution in [2.45, 2.75) is 31.6 Å². The largest absolute Gasteiger partial charge is 0.459 e. The molecule has 1 aromatic heterocycles. The van der Waals surface area contributed by atoms with Gasteiger partial charge in [0.2, 0.25) is 10.0 Å². The van der Waals surface area contributed by atoms with E-state index in [1.807, 2.05) is 19.1 Å². The Morgan fingerprint density at radius 2 is 1.65 bits per heavy atom. The fourth-order valence-electron chi connectivity index (χ4n) is 3.04. The van der Waals surface area contributed by atoms with Crippen LogP contribution in [0.5, 0.6) is 0 Å². The molecule has 0 spiro atoms. The number of aryl methyl sites for hydroxylation is 1. The van der Waals surface area contributed by atoms with E-state index < -0.39 is 10.0 Å². The van der Waals surface area contributed by atoms with Gasteiger partial charge in [-0.15, -0.1) is 0 Å². The van der Waals surface area contributed by atoms with Crippen molar-refractivity contribution < 1.29 is 17.6 Å². The van der Waals surface area contributed by atoms with E-state index in [0.717, 1.165) is 11.1 Å². The molecule has 6 nitrogen and oxygen atoms in total. The molecule has 7 heteroatoms. The van der Waals surface area contributed by atoms with E-state index >= 15 is 0 Å². The quantitative estimate of drug-likeness (QED) is 0.823. The van der Waals surface area contributed by atoms with Crippen LogP contribution in [0.1, 0.15) is 41.4 Å². The van der Waals surface area contributed by atoms with Gasteiger partial charge >= 0.3 is 0 Å². The number of hydrogen-bond donors (Lipinski definition) is 0. The van der Waals surface area contributed by atoms with Gasteiger partial charge in [0.25, 0.3) is 5.91 Å². The summed E-state index contributed by atoms with van der Waals surface area (Å²) < 4.78 is 32.4. The maximum Gasteiger partial charge on any atom is 0.289 e. The predicted molar refractivity (Wildman–Crippen MR) is 98.6 cm³/mol. The number of amides is 1. The van der Waals surface area contributed by atoms with E-state index in [9.17, 15) is 13.2 Å². The van der Waals surface area contributed by atoms with Crippen molar-refractivity contribution >= 4 is 15.9 Å². The molecule has 2 heterocycles. The van der Waals surface area contributed by atoms with Crippen molar-refractivity contribution in [3.8, 4) is 0 Å². The highest BCUT2D eigenvalue weighted by Gasteiger charge is 2.31. The van der Waals surface area contributed by atoms with Gasteiger partial charge < -0.3 is 9.32 Å². The third-order valence-electron chi connectivity index (χ3n) is 4.77. The van der Waals surface area contributed by atoms with E-state index in [1.54, 1.807) is 23.1 Å². The van der Waals surface area contributed by atoms with Crippen molar-refractivity contribution in [2.75, 3.05) is 26.2 Å². The van der Waals surface area contributed by atoms with Gasteiger partial charge in [-0.1, -0.05) is 26.0 Å². The lowest BCUT2D eigenvalue weighted by molar-refractivity contribution is 0.0665. The lowest BCUT2D eigenvalue weighted by atomic mass is 10.0. The molecule has 26 heavy (non-hydrogen) atoms. The molecule has 0 unspecified atom stereocenters. The molecule has 1 aliphatic rings. The molecule has 2 aromatic rings. The SMILES string of the molecule is Cc1ccoc1C(=O)N1CCN(S(=O)(=O)c2ccc(C(C)C)cc2)CC1. The van der Waals surface area contributed by atoms with Crippen molar-refractivity contribution in [2.24, 2.45) is 0 Å². The molecule has 1 amide bonds. The number of benzene rings is 1. The van der Waals surface area contributed by atoms with Gasteiger partial charge in [-0.05, 0) is 36.6 Å². The first-order valence-corrected chi connectivity index (χ1v) is 10.2. The molecule has 0 bridgehead atoms. The topological polar surface area (TPSA) is 70.8 Å². The monoisotopic (exact) mass is 376 g/mol. The average Bonchev–Trinajstić information content (AvgIpc) is 3.07. The number of piperazine rings is 1. The third kappa shape index (κ3) is 3.54. The Bertz CT molecular complexity index is 877. The summed E-state index contributed by atoms with van der Waals surface area (Å²) in [7, 11) is -3.54. The van der Waals surface area contributed by atoms with E-state index in [2.05, 4.69) is 13.8 Å². The Morgan fingerprint density at radius 1 is 1.04 bits per heavy atom. The maximum atomic E-state index is 12.8. The third-order valence-corrected chi connectivity index (χ3v) is 6.68. The normalized spacial score (nSPS) is 16.2. The molecule has 1 fully saturated rings. The Morgan fingerprint density at radius 3 is 2.15 bits per heavy atom. The summed E-state index contributed by atoms with van der Waals surface area (Å²) in [6.07, 6.45) is 1.49. The van der Waals surface area contributed by atoms with Crippen LogP contribution in [0.4, 0.5) is 0 Å². The van der Waals surface area contributed by atoms with Crippen molar-refractivity contribution in [1.29, 1.82) is 0 Å². The van der Waals surface area contributed by atoms with Crippen molar-refractivity contribution in [3.05, 3.63) is 53.5 Å². The number of carbonyl (C=O) groups is 1. The molecule has 0 radical (unpaired) electrons. The van der Waals surface area contributed by atoms with Crippen LogP contribution in [0.3, 0.4) is 0 Å². The minimum absolute atomic E-state index is 0.189. The lowest BCUT2D eigenvalue weighted by Gasteiger charge is -2.33. The Balaban J connectivity index is 1.68. The summed E-state index contributed by atoms with van der Waals surface area (Å²) in [6, 6.07) is 8.78. The summed E-state index contributed by atoms with van der Waals surface area (Å²) >= 11 is 0. The average molecular weight is 376 g/mol. The van der Waals surface area contributed by atoms with Crippen LogP contribution in [-0.2, 0) is 10.0 Å². The highest BCUT2D eigenvalue weighted by atomic mass is 32.2. The van der Waals surface area contributed by atoms with E-state index in [0.29, 0.717) is 29.7 Å². The number of nitrogens with zero attached hydrogens (tertiary/aromatic N) is 2. The zero-order chi connectivity index (χ0) is 18.9. The number of hydrogen-bond acceptors (Lipinski definition) is 4. The lowest BCUT2D eigenvalue weighted by Crippen LogP contribution is -2.50. The zero-order valence-corrected chi connectivity index (χ0v) is 16.1. The summed E-state index contributed by atoms with van der Waals surface area (Å²) in [5.41, 5.74) is 1.89. The Kier molecular flexibility index (Phi) is 5.20. The first-order chi connectivity index (χ1) is 12.3. The minimum Gasteiger partial charge on any atom is -0.459 e. The molecule has 1 aliphatic heterocycles. The zero-order valence-electron chi connectivity index (χ0n) is 15.3. The molecule has 140 valence electrons. The second-order valence-electron chi connectivity index (χ2n) is 6.85. The van der Waals surface area contributed by atoms with Crippen LogP contribution in [0.2, 0.25) is 0 Å². The van der Waals surface area contributed by atoms with Crippen LogP contribution in [0.15, 0.2) is 45.9 Å². The molecular formula is C19H24N2O4S. The molecular weight excluding hydrogens is 352 g/mol. The second-order valence-corrected chi connectivity index (χ2v) is 8.79. The van der Waals surface area contributed by atoms with Gasteiger partial charge in [0.05, 0.1) is 11.2 Å². The number of furan rings is 1. The highest BCUT2D eigenvalue weighted by molar-refractivity contribution is 7.89. The maximum absolute atomic E-state index is 12.8. The standard InChI is InChI=1S/C19H24N2O4S/c1-14(2)16-4-6-17(7-5-16)26(23,24)21-11-9-20(10-12-21)19(22)18-15(3)8-13-25-18/h4-8,13-14H,9-12H2,1-3H3. The van der Waals surface area contributed by atoms with E-state index in [1.165, 1.54) is 10.6 Å². The van der Waals surface area contributed by atoms with Crippen LogP contribution < -0.4 is 0 Å². The van der Waals surface area contributed by atoms with Gasteiger partial charge in [-0.3, -0.25) is 4.79 Å². The molecule has 0 atom stereocenters. The summed E-state index contributed by atoms with van der Waals surface area (Å²) in [4.78, 5) is 14.4. The molecule has 0 N–H and O–H groups in total. The first kappa shape index (κ1) is 18.7. The summed E-state index contributed by atoms with van der Waals surface area (Å²) in [6.45, 7) is 7.21. The molecule has 3 rings (SSSR count). The second kappa shape index (κ2) is 7.25. The van der Waals surface area contributed by atoms with Crippen LogP contribution in [-0.4, -0.2) is 49.7 Å². The summed E-state index contributed by atoms with van der Waals surface area (Å²) in [5.74, 6) is 0.489. The number of carbonyl (C=O) groups excluding carboxylic acids is 1. The Hall–Kier alpha value is -2.12. The van der Waals surface area contributed by atoms with Gasteiger partial charge in [-0.25, -0.2) is 8.42 Å². The fourth-order valence-corrected chi connectivity index (χ4v) is 4.46. The van der Waals surface area contributed by atoms with Gasteiger partial charge in [0, 0.05) is 31.7 Å². The molecule has 0 aliphatic carbocycles. The smallest absolute Gasteiger partial charge is 0.289 e.